The highest BCUT2D eigenvalue weighted by molar-refractivity contribution is 14.1. The van der Waals surface area contributed by atoms with Gasteiger partial charge in [-0.15, -0.1) is 11.8 Å². The molecule has 1 aromatic heterocycles. The number of halogens is 4. The summed E-state index contributed by atoms with van der Waals surface area (Å²) < 4.78 is 15.8. The second-order valence-corrected chi connectivity index (χ2v) is 15.7. The molecule has 1 aliphatic heterocycles. The highest BCUT2D eigenvalue weighted by atomic mass is 127. The summed E-state index contributed by atoms with van der Waals surface area (Å²) in [5.74, 6) is 0.103. The number of carbonyl (C=O) groups is 1. The average molecular weight is 939 g/mol. The predicted molar refractivity (Wildman–Crippen MR) is 212 cm³/mol. The Kier molecular flexibility index (Phi) is 11.4. The Morgan fingerprint density at radius 2 is 1.79 bits per heavy atom. The van der Waals surface area contributed by atoms with Gasteiger partial charge < -0.3 is 9.47 Å². The molecular formula is C36H26Cl2I2N2O4S2. The number of fused-ring (bicyclic) bond motifs is 1. The molecule has 6 rings (SSSR count). The SMILES string of the molecule is CCOC(=O)C1=C(c2ccccc2)N=c2s/c(=C\c3cc(I)cc(I)c3OCc3ccc(Cl)cc3Cl)c(=O)n2[C@@H]1c1ccc(SC)cc1. The van der Waals surface area contributed by atoms with Crippen LogP contribution in [0.1, 0.15) is 35.2 Å². The van der Waals surface area contributed by atoms with Crippen LogP contribution in [0, 0.1) is 7.14 Å². The highest BCUT2D eigenvalue weighted by Crippen LogP contribution is 2.36. The van der Waals surface area contributed by atoms with Crippen LogP contribution in [0.4, 0.5) is 0 Å². The monoisotopic (exact) mass is 938 g/mol. The van der Waals surface area contributed by atoms with Gasteiger partial charge in [0, 0.05) is 35.2 Å². The zero-order chi connectivity index (χ0) is 33.9. The molecule has 0 bridgehead atoms. The molecule has 5 aromatic rings. The Morgan fingerprint density at radius 3 is 2.48 bits per heavy atom. The van der Waals surface area contributed by atoms with Crippen LogP contribution < -0.4 is 19.6 Å². The normalized spacial score (nSPS) is 14.5. The molecule has 12 heteroatoms. The smallest absolute Gasteiger partial charge is 0.338 e. The van der Waals surface area contributed by atoms with Crippen LogP contribution in [-0.4, -0.2) is 23.4 Å². The first-order valence-electron chi connectivity index (χ1n) is 14.7. The maximum Gasteiger partial charge on any atom is 0.338 e. The number of benzene rings is 4. The first kappa shape index (κ1) is 35.2. The van der Waals surface area contributed by atoms with Crippen LogP contribution in [0.5, 0.6) is 5.75 Å². The van der Waals surface area contributed by atoms with E-state index in [1.807, 2.05) is 85.1 Å². The summed E-state index contributed by atoms with van der Waals surface area (Å²) in [6.45, 7) is 2.16. The zero-order valence-electron chi connectivity index (χ0n) is 25.5. The molecule has 0 radical (unpaired) electrons. The Bertz CT molecular complexity index is 2240. The van der Waals surface area contributed by atoms with E-state index in [0.29, 0.717) is 36.4 Å². The van der Waals surface area contributed by atoms with Crippen molar-refractivity contribution in [3.8, 4) is 5.75 Å². The third-order valence-electron chi connectivity index (χ3n) is 7.52. The summed E-state index contributed by atoms with van der Waals surface area (Å²) in [4.78, 5) is 34.7. The van der Waals surface area contributed by atoms with E-state index in [9.17, 15) is 9.59 Å². The first-order valence-corrected chi connectivity index (χ1v) is 19.6. The van der Waals surface area contributed by atoms with E-state index < -0.39 is 12.0 Å². The zero-order valence-corrected chi connectivity index (χ0v) is 33.0. The van der Waals surface area contributed by atoms with Gasteiger partial charge in [-0.25, -0.2) is 9.79 Å². The van der Waals surface area contributed by atoms with Gasteiger partial charge in [-0.1, -0.05) is 83.1 Å². The molecule has 6 nitrogen and oxygen atoms in total. The van der Waals surface area contributed by atoms with Crippen LogP contribution in [-0.2, 0) is 16.1 Å². The Hall–Kier alpha value is -2.62. The number of thiazole rings is 1. The van der Waals surface area contributed by atoms with Crippen LogP contribution >= 0.6 is 91.5 Å². The minimum atomic E-state index is -0.757. The fourth-order valence-electron chi connectivity index (χ4n) is 5.31. The summed E-state index contributed by atoms with van der Waals surface area (Å²) in [5, 5.41) is 1.05. The van der Waals surface area contributed by atoms with E-state index in [2.05, 4.69) is 45.2 Å². The van der Waals surface area contributed by atoms with Crippen molar-refractivity contribution in [1.29, 1.82) is 0 Å². The number of aromatic nitrogens is 1. The quantitative estimate of drug-likeness (QED) is 0.0841. The van der Waals surface area contributed by atoms with E-state index >= 15 is 0 Å². The fraction of sp³-hybridized carbons (Fsp3) is 0.139. The molecule has 0 spiro atoms. The van der Waals surface area contributed by atoms with Crippen molar-refractivity contribution in [1.82, 2.24) is 4.57 Å². The summed E-state index contributed by atoms with van der Waals surface area (Å²) in [6, 6.07) is 25.9. The molecule has 4 aromatic carbocycles. The lowest BCUT2D eigenvalue weighted by atomic mass is 9.93. The molecule has 244 valence electrons. The van der Waals surface area contributed by atoms with E-state index in [0.717, 1.165) is 34.3 Å². The van der Waals surface area contributed by atoms with Gasteiger partial charge in [-0.3, -0.25) is 9.36 Å². The van der Waals surface area contributed by atoms with Gasteiger partial charge in [-0.05, 0) is 106 Å². The third-order valence-corrected chi connectivity index (χ3v) is 11.3. The minimum absolute atomic E-state index is 0.183. The van der Waals surface area contributed by atoms with E-state index in [4.69, 9.17) is 37.7 Å². The Labute approximate surface area is 322 Å². The van der Waals surface area contributed by atoms with Crippen molar-refractivity contribution in [3.05, 3.63) is 150 Å². The van der Waals surface area contributed by atoms with Crippen LogP contribution in [0.2, 0.25) is 10.0 Å². The van der Waals surface area contributed by atoms with Gasteiger partial charge in [0.1, 0.15) is 12.4 Å². The Morgan fingerprint density at radius 1 is 1.04 bits per heavy atom. The van der Waals surface area contributed by atoms with Crippen molar-refractivity contribution >= 4 is 109 Å². The number of ether oxygens (including phenoxy) is 2. The largest absolute Gasteiger partial charge is 0.487 e. The molecule has 0 N–H and O–H groups in total. The topological polar surface area (TPSA) is 69.9 Å². The molecule has 0 fully saturated rings. The van der Waals surface area contributed by atoms with Gasteiger partial charge in [-0.2, -0.15) is 0 Å². The van der Waals surface area contributed by atoms with Crippen molar-refractivity contribution < 1.29 is 14.3 Å². The second kappa shape index (κ2) is 15.5. The number of esters is 1. The molecule has 1 atom stereocenters. The van der Waals surface area contributed by atoms with Gasteiger partial charge in [0.15, 0.2) is 4.80 Å². The number of nitrogens with zero attached hydrogens (tertiary/aromatic N) is 2. The first-order chi connectivity index (χ1) is 23.2. The van der Waals surface area contributed by atoms with Gasteiger partial charge in [0.2, 0.25) is 0 Å². The fourth-order valence-corrected chi connectivity index (χ4v) is 9.22. The molecule has 48 heavy (non-hydrogen) atoms. The molecule has 0 unspecified atom stereocenters. The van der Waals surface area contributed by atoms with E-state index in [1.54, 1.807) is 35.4 Å². The standard InChI is InChI=1S/C36H26Cl2I2N2O4S2/c1-3-45-35(44)30-31(20-7-5-4-6-8-20)41-36-42(32(30)21-10-13-26(47-2)14-11-21)34(43)29(48-36)16-23-15-25(39)18-28(40)33(23)46-19-22-9-12-24(37)17-27(22)38/h4-18,32H,3,19H2,1-2H3/b29-16-/t32-/m1/s1. The molecule has 2 heterocycles. The highest BCUT2D eigenvalue weighted by Gasteiger charge is 2.35. The number of hydrogen-bond donors (Lipinski definition) is 0. The maximum atomic E-state index is 14.5. The lowest BCUT2D eigenvalue weighted by Crippen LogP contribution is -2.40. The molecule has 0 amide bonds. The summed E-state index contributed by atoms with van der Waals surface area (Å²) in [5.41, 5.74) is 3.57. The lowest BCUT2D eigenvalue weighted by Gasteiger charge is -2.26. The maximum absolute atomic E-state index is 14.5. The van der Waals surface area contributed by atoms with Crippen molar-refractivity contribution in [2.45, 2.75) is 24.5 Å². The van der Waals surface area contributed by atoms with E-state index in [-0.39, 0.29) is 18.8 Å². The molecule has 0 saturated heterocycles. The summed E-state index contributed by atoms with van der Waals surface area (Å²) in [7, 11) is 0. The molecule has 1 aliphatic rings. The second-order valence-electron chi connectivity index (χ2n) is 10.5. The molecule has 0 aliphatic carbocycles. The van der Waals surface area contributed by atoms with Crippen LogP contribution in [0.15, 0.2) is 105 Å². The Balaban J connectivity index is 1.55. The molecular weight excluding hydrogens is 913 g/mol. The van der Waals surface area contributed by atoms with Crippen LogP contribution in [0.3, 0.4) is 0 Å². The summed E-state index contributed by atoms with van der Waals surface area (Å²) >= 11 is 19.9. The average Bonchev–Trinajstić information content (AvgIpc) is 3.38. The van der Waals surface area contributed by atoms with Gasteiger partial charge in [0.05, 0.1) is 32.0 Å². The predicted octanol–water partition coefficient (Wildman–Crippen LogP) is 8.75. The number of hydrogen-bond acceptors (Lipinski definition) is 7. The van der Waals surface area contributed by atoms with Crippen LogP contribution in [0.25, 0.3) is 11.8 Å². The van der Waals surface area contributed by atoms with E-state index in [1.165, 1.54) is 11.3 Å². The lowest BCUT2D eigenvalue weighted by molar-refractivity contribution is -0.138. The van der Waals surface area contributed by atoms with Crippen molar-refractivity contribution in [3.63, 3.8) is 0 Å². The minimum Gasteiger partial charge on any atom is -0.487 e. The molecule has 0 saturated carbocycles. The summed E-state index contributed by atoms with van der Waals surface area (Å²) in [6.07, 6.45) is 3.83. The number of carbonyl (C=O) groups excluding carboxylic acids is 1. The van der Waals surface area contributed by atoms with Crippen molar-refractivity contribution in [2.24, 2.45) is 4.99 Å². The number of rotatable bonds is 9. The van der Waals surface area contributed by atoms with Gasteiger partial charge in [0.25, 0.3) is 5.56 Å². The van der Waals surface area contributed by atoms with Crippen molar-refractivity contribution in [2.75, 3.05) is 12.9 Å². The third kappa shape index (κ3) is 7.43. The van der Waals surface area contributed by atoms with Gasteiger partial charge >= 0.3 is 5.97 Å². The number of thioether (sulfide) groups is 1.